The van der Waals surface area contributed by atoms with Crippen LogP contribution in [-0.4, -0.2) is 37.8 Å². The quantitative estimate of drug-likeness (QED) is 0.447. The van der Waals surface area contributed by atoms with E-state index in [0.717, 1.165) is 42.5 Å². The Morgan fingerprint density at radius 3 is 2.88 bits per heavy atom. The van der Waals surface area contributed by atoms with E-state index < -0.39 is 0 Å². The van der Waals surface area contributed by atoms with Gasteiger partial charge in [0.2, 0.25) is 0 Å². The number of nitrogens with one attached hydrogen (secondary N) is 1. The fraction of sp³-hybridized carbons (Fsp3) is 0.421. The number of benzene rings is 1. The van der Waals surface area contributed by atoms with Crippen LogP contribution in [0.3, 0.4) is 0 Å². The Balaban J connectivity index is 0.00000109. The van der Waals surface area contributed by atoms with Crippen molar-refractivity contribution in [3.8, 4) is 0 Å². The summed E-state index contributed by atoms with van der Waals surface area (Å²) in [4.78, 5) is 9.34. The Morgan fingerprint density at radius 2 is 2.16 bits per heavy atom. The highest BCUT2D eigenvalue weighted by Gasteiger charge is 2.17. The molecule has 2 heterocycles. The van der Waals surface area contributed by atoms with Crippen LogP contribution in [0.5, 0.6) is 0 Å². The molecular formula is C19H28N4S2. The number of thiophene rings is 1. The molecule has 4 nitrogen and oxygen atoms in total. The summed E-state index contributed by atoms with van der Waals surface area (Å²) in [5, 5.41) is 5.41. The third-order valence-electron chi connectivity index (χ3n) is 3.73. The first kappa shape index (κ1) is 19.8. The minimum absolute atomic E-state index is 0.588. The van der Waals surface area contributed by atoms with Crippen molar-refractivity contribution in [3.63, 3.8) is 0 Å². The van der Waals surface area contributed by atoms with Gasteiger partial charge in [0, 0.05) is 30.3 Å². The SMILES string of the molecule is CC.CCNCCN1CCSc2cc(N=C(N)c3cccs3)ccc21. The van der Waals surface area contributed by atoms with Crippen LogP contribution < -0.4 is 16.0 Å². The number of hydrogen-bond acceptors (Lipinski definition) is 5. The van der Waals surface area contributed by atoms with Gasteiger partial charge < -0.3 is 16.0 Å². The van der Waals surface area contributed by atoms with Crippen LogP contribution in [0.4, 0.5) is 11.4 Å². The minimum Gasteiger partial charge on any atom is -0.383 e. The lowest BCUT2D eigenvalue weighted by atomic mass is 10.2. The highest BCUT2D eigenvalue weighted by Crippen LogP contribution is 2.37. The molecule has 136 valence electrons. The van der Waals surface area contributed by atoms with E-state index in [1.54, 1.807) is 11.3 Å². The van der Waals surface area contributed by atoms with Gasteiger partial charge in [-0.1, -0.05) is 26.8 Å². The maximum atomic E-state index is 6.09. The van der Waals surface area contributed by atoms with E-state index in [1.165, 1.54) is 10.6 Å². The largest absolute Gasteiger partial charge is 0.383 e. The summed E-state index contributed by atoms with van der Waals surface area (Å²) in [5.74, 6) is 1.71. The van der Waals surface area contributed by atoms with Gasteiger partial charge in [0.15, 0.2) is 0 Å². The predicted molar refractivity (Wildman–Crippen MR) is 114 cm³/mol. The molecule has 3 N–H and O–H groups in total. The molecule has 3 rings (SSSR count). The van der Waals surface area contributed by atoms with Gasteiger partial charge in [-0.05, 0) is 36.2 Å². The number of nitrogens with zero attached hydrogens (tertiary/aromatic N) is 2. The number of rotatable bonds is 6. The van der Waals surface area contributed by atoms with E-state index in [9.17, 15) is 0 Å². The zero-order valence-electron chi connectivity index (χ0n) is 15.3. The van der Waals surface area contributed by atoms with Crippen molar-refractivity contribution in [2.45, 2.75) is 25.7 Å². The van der Waals surface area contributed by atoms with Crippen molar-refractivity contribution >= 4 is 40.3 Å². The first-order chi connectivity index (χ1) is 12.3. The van der Waals surface area contributed by atoms with E-state index in [-0.39, 0.29) is 0 Å². The standard InChI is InChI=1S/C17H22N4S2.C2H6/c1-2-19-7-8-21-9-11-23-16-12-13(5-6-14(16)21)20-17(18)15-4-3-10-22-15;1-2/h3-6,10,12,19H,2,7-9,11H2,1H3,(H2,18,20);1-2H3. The lowest BCUT2D eigenvalue weighted by molar-refractivity contribution is 0.685. The van der Waals surface area contributed by atoms with Crippen LogP contribution in [-0.2, 0) is 0 Å². The minimum atomic E-state index is 0.588. The molecule has 0 fully saturated rings. The normalized spacial score (nSPS) is 13.9. The van der Waals surface area contributed by atoms with Crippen LogP contribution in [0.15, 0.2) is 45.6 Å². The van der Waals surface area contributed by atoms with Gasteiger partial charge >= 0.3 is 0 Å². The Kier molecular flexibility index (Phi) is 8.31. The number of amidine groups is 1. The van der Waals surface area contributed by atoms with Crippen LogP contribution in [0, 0.1) is 0 Å². The van der Waals surface area contributed by atoms with Crippen molar-refractivity contribution in [1.29, 1.82) is 0 Å². The maximum absolute atomic E-state index is 6.09. The molecule has 2 aromatic rings. The van der Waals surface area contributed by atoms with Gasteiger partial charge in [0.25, 0.3) is 0 Å². The van der Waals surface area contributed by atoms with Crippen molar-refractivity contribution in [2.75, 3.05) is 36.8 Å². The average Bonchev–Trinajstić information content (AvgIpc) is 3.18. The fourth-order valence-corrected chi connectivity index (χ4v) is 4.28. The first-order valence-electron chi connectivity index (χ1n) is 8.88. The average molecular weight is 377 g/mol. The molecule has 25 heavy (non-hydrogen) atoms. The molecule has 0 amide bonds. The number of fused-ring (bicyclic) bond motifs is 1. The molecule has 1 aliphatic rings. The lowest BCUT2D eigenvalue weighted by Crippen LogP contribution is -2.35. The van der Waals surface area contributed by atoms with E-state index >= 15 is 0 Å². The third kappa shape index (κ3) is 5.49. The molecule has 0 unspecified atom stereocenters. The molecule has 0 saturated carbocycles. The van der Waals surface area contributed by atoms with Gasteiger partial charge in [-0.3, -0.25) is 0 Å². The number of likely N-dealkylation sites (N-methyl/N-ethyl adjacent to an activating group) is 1. The van der Waals surface area contributed by atoms with Crippen molar-refractivity contribution < 1.29 is 0 Å². The van der Waals surface area contributed by atoms with E-state index in [2.05, 4.69) is 40.3 Å². The zero-order chi connectivity index (χ0) is 18.1. The van der Waals surface area contributed by atoms with E-state index in [0.29, 0.717) is 5.84 Å². The maximum Gasteiger partial charge on any atom is 0.141 e. The number of aliphatic imine (C=N–C) groups is 1. The van der Waals surface area contributed by atoms with E-state index in [4.69, 9.17) is 5.73 Å². The van der Waals surface area contributed by atoms with Gasteiger partial charge in [0.1, 0.15) is 5.84 Å². The summed E-state index contributed by atoms with van der Waals surface area (Å²) in [6.07, 6.45) is 0. The summed E-state index contributed by atoms with van der Waals surface area (Å²) >= 11 is 3.52. The Bertz CT molecular complexity index is 668. The number of nitrogens with two attached hydrogens (primary N) is 1. The number of thioether (sulfide) groups is 1. The molecule has 1 aromatic carbocycles. The summed E-state index contributed by atoms with van der Waals surface area (Å²) in [7, 11) is 0. The van der Waals surface area contributed by atoms with Gasteiger partial charge in [-0.25, -0.2) is 4.99 Å². The molecule has 1 aromatic heterocycles. The summed E-state index contributed by atoms with van der Waals surface area (Å²) in [6, 6.07) is 10.4. The Hall–Kier alpha value is -1.50. The first-order valence-corrected chi connectivity index (χ1v) is 10.7. The summed E-state index contributed by atoms with van der Waals surface area (Å²) in [6.45, 7) is 10.3. The lowest BCUT2D eigenvalue weighted by Gasteiger charge is -2.31. The Morgan fingerprint density at radius 1 is 1.32 bits per heavy atom. The van der Waals surface area contributed by atoms with Crippen LogP contribution >= 0.6 is 23.1 Å². The monoisotopic (exact) mass is 376 g/mol. The summed E-state index contributed by atoms with van der Waals surface area (Å²) in [5.41, 5.74) is 8.33. The summed E-state index contributed by atoms with van der Waals surface area (Å²) < 4.78 is 0. The van der Waals surface area contributed by atoms with Crippen molar-refractivity contribution in [1.82, 2.24) is 5.32 Å². The molecule has 0 saturated heterocycles. The highest BCUT2D eigenvalue weighted by molar-refractivity contribution is 7.99. The number of anilines is 1. The van der Waals surface area contributed by atoms with Gasteiger partial charge in [-0.2, -0.15) is 0 Å². The fourth-order valence-electron chi connectivity index (χ4n) is 2.58. The van der Waals surface area contributed by atoms with Crippen molar-refractivity contribution in [3.05, 3.63) is 40.6 Å². The molecule has 0 atom stereocenters. The van der Waals surface area contributed by atoms with Gasteiger partial charge in [-0.15, -0.1) is 23.1 Å². The van der Waals surface area contributed by atoms with Crippen LogP contribution in [0.2, 0.25) is 0 Å². The van der Waals surface area contributed by atoms with Crippen molar-refractivity contribution in [2.24, 2.45) is 10.7 Å². The second-order valence-corrected chi connectivity index (χ2v) is 7.40. The highest BCUT2D eigenvalue weighted by atomic mass is 32.2. The molecule has 0 bridgehead atoms. The van der Waals surface area contributed by atoms with Gasteiger partial charge in [0.05, 0.1) is 16.3 Å². The zero-order valence-corrected chi connectivity index (χ0v) is 16.9. The van der Waals surface area contributed by atoms with Crippen LogP contribution in [0.1, 0.15) is 25.6 Å². The molecule has 6 heteroatoms. The smallest absolute Gasteiger partial charge is 0.141 e. The second-order valence-electron chi connectivity index (χ2n) is 5.32. The number of hydrogen-bond donors (Lipinski definition) is 2. The molecule has 0 aliphatic carbocycles. The van der Waals surface area contributed by atoms with E-state index in [1.807, 2.05) is 43.1 Å². The molecule has 1 aliphatic heterocycles. The second kappa shape index (κ2) is 10.5. The molecule has 0 radical (unpaired) electrons. The third-order valence-corrected chi connectivity index (χ3v) is 5.65. The topological polar surface area (TPSA) is 53.6 Å². The predicted octanol–water partition coefficient (Wildman–Crippen LogP) is 4.33. The molecule has 0 spiro atoms. The Labute approximate surface area is 159 Å². The van der Waals surface area contributed by atoms with Crippen LogP contribution in [0.25, 0.3) is 0 Å². The molecular weight excluding hydrogens is 348 g/mol.